The Morgan fingerprint density at radius 1 is 1.15 bits per heavy atom. The SMILES string of the molecule is COc1ccc(N2CCN(C(=O)NC3CC3)CC2)cc1. The Hall–Kier alpha value is -1.91. The van der Waals surface area contributed by atoms with E-state index < -0.39 is 0 Å². The van der Waals surface area contributed by atoms with Gasteiger partial charge >= 0.3 is 6.03 Å². The molecule has 108 valence electrons. The van der Waals surface area contributed by atoms with Crippen molar-refractivity contribution < 1.29 is 9.53 Å². The summed E-state index contributed by atoms with van der Waals surface area (Å²) in [4.78, 5) is 16.2. The molecule has 1 N–H and O–H groups in total. The lowest BCUT2D eigenvalue weighted by molar-refractivity contribution is 0.194. The number of methoxy groups -OCH3 is 1. The van der Waals surface area contributed by atoms with Crippen LogP contribution in [-0.4, -0.2) is 50.3 Å². The third-order valence-corrected chi connectivity index (χ3v) is 3.91. The van der Waals surface area contributed by atoms with Gasteiger partial charge in [0.1, 0.15) is 5.75 Å². The van der Waals surface area contributed by atoms with Gasteiger partial charge in [0.15, 0.2) is 0 Å². The number of hydrogen-bond acceptors (Lipinski definition) is 3. The van der Waals surface area contributed by atoms with Crippen LogP contribution < -0.4 is 15.0 Å². The van der Waals surface area contributed by atoms with Crippen LogP contribution in [-0.2, 0) is 0 Å². The van der Waals surface area contributed by atoms with Gasteiger partial charge in [0.05, 0.1) is 7.11 Å². The van der Waals surface area contributed by atoms with Crippen LogP contribution in [0.15, 0.2) is 24.3 Å². The van der Waals surface area contributed by atoms with E-state index in [1.165, 1.54) is 5.69 Å². The molecule has 3 rings (SSSR count). The summed E-state index contributed by atoms with van der Waals surface area (Å²) in [5.74, 6) is 0.871. The smallest absolute Gasteiger partial charge is 0.317 e. The van der Waals surface area contributed by atoms with Crippen molar-refractivity contribution in [2.75, 3.05) is 38.2 Å². The first kappa shape index (κ1) is 13.1. The molecule has 0 bridgehead atoms. The lowest BCUT2D eigenvalue weighted by Crippen LogP contribution is -2.52. The summed E-state index contributed by atoms with van der Waals surface area (Å²) in [5, 5.41) is 3.05. The topological polar surface area (TPSA) is 44.8 Å². The molecular formula is C15H21N3O2. The minimum Gasteiger partial charge on any atom is -0.497 e. The summed E-state index contributed by atoms with van der Waals surface area (Å²) in [6.45, 7) is 3.32. The van der Waals surface area contributed by atoms with Crippen LogP contribution in [0, 0.1) is 0 Å². The van der Waals surface area contributed by atoms with Crippen molar-refractivity contribution in [1.82, 2.24) is 10.2 Å². The van der Waals surface area contributed by atoms with Crippen LogP contribution in [0.2, 0.25) is 0 Å². The fourth-order valence-electron chi connectivity index (χ4n) is 2.45. The average molecular weight is 275 g/mol. The van der Waals surface area contributed by atoms with Crippen LogP contribution in [0.3, 0.4) is 0 Å². The summed E-state index contributed by atoms with van der Waals surface area (Å²) < 4.78 is 5.17. The van der Waals surface area contributed by atoms with E-state index in [-0.39, 0.29) is 6.03 Å². The summed E-state index contributed by atoms with van der Waals surface area (Å²) in [6, 6.07) is 8.62. The van der Waals surface area contributed by atoms with E-state index in [0.29, 0.717) is 6.04 Å². The highest BCUT2D eigenvalue weighted by Crippen LogP contribution is 2.21. The molecule has 0 aromatic heterocycles. The number of hydrogen-bond donors (Lipinski definition) is 1. The number of rotatable bonds is 3. The number of nitrogens with one attached hydrogen (secondary N) is 1. The lowest BCUT2D eigenvalue weighted by atomic mass is 10.2. The van der Waals surface area contributed by atoms with E-state index in [9.17, 15) is 4.79 Å². The third kappa shape index (κ3) is 2.98. The zero-order valence-corrected chi connectivity index (χ0v) is 11.8. The normalized spacial score (nSPS) is 18.9. The predicted molar refractivity (Wildman–Crippen MR) is 78.3 cm³/mol. The fraction of sp³-hybridized carbons (Fsp3) is 0.533. The fourth-order valence-corrected chi connectivity index (χ4v) is 2.45. The van der Waals surface area contributed by atoms with Crippen molar-refractivity contribution >= 4 is 11.7 Å². The van der Waals surface area contributed by atoms with E-state index >= 15 is 0 Å². The highest BCUT2D eigenvalue weighted by molar-refractivity contribution is 5.75. The van der Waals surface area contributed by atoms with Gasteiger partial charge in [-0.3, -0.25) is 0 Å². The molecule has 0 radical (unpaired) electrons. The summed E-state index contributed by atoms with van der Waals surface area (Å²) in [5.41, 5.74) is 1.19. The maximum absolute atomic E-state index is 12.0. The highest BCUT2D eigenvalue weighted by atomic mass is 16.5. The van der Waals surface area contributed by atoms with E-state index in [1.54, 1.807) is 7.11 Å². The minimum absolute atomic E-state index is 0.0990. The van der Waals surface area contributed by atoms with Crippen LogP contribution in [0.4, 0.5) is 10.5 Å². The van der Waals surface area contributed by atoms with Crippen molar-refractivity contribution in [2.45, 2.75) is 18.9 Å². The molecule has 1 aromatic rings. The first-order chi connectivity index (χ1) is 9.76. The molecule has 2 aliphatic rings. The molecule has 1 aromatic carbocycles. The number of benzene rings is 1. The monoisotopic (exact) mass is 275 g/mol. The largest absolute Gasteiger partial charge is 0.497 e. The maximum Gasteiger partial charge on any atom is 0.317 e. The molecule has 1 heterocycles. The maximum atomic E-state index is 12.0. The Labute approximate surface area is 119 Å². The Kier molecular flexibility index (Phi) is 3.67. The summed E-state index contributed by atoms with van der Waals surface area (Å²) in [6.07, 6.45) is 2.27. The quantitative estimate of drug-likeness (QED) is 0.913. The molecular weight excluding hydrogens is 254 g/mol. The van der Waals surface area contributed by atoms with Gasteiger partial charge in [0.2, 0.25) is 0 Å². The Bertz CT molecular complexity index is 463. The molecule has 1 aliphatic heterocycles. The molecule has 1 saturated heterocycles. The first-order valence-corrected chi connectivity index (χ1v) is 7.21. The number of anilines is 1. The Balaban J connectivity index is 1.53. The highest BCUT2D eigenvalue weighted by Gasteiger charge is 2.27. The van der Waals surface area contributed by atoms with E-state index in [1.807, 2.05) is 17.0 Å². The van der Waals surface area contributed by atoms with Gasteiger partial charge in [0.25, 0.3) is 0 Å². The molecule has 1 saturated carbocycles. The Morgan fingerprint density at radius 3 is 2.35 bits per heavy atom. The van der Waals surface area contributed by atoms with Gasteiger partial charge in [-0.1, -0.05) is 0 Å². The van der Waals surface area contributed by atoms with Crippen molar-refractivity contribution in [3.63, 3.8) is 0 Å². The average Bonchev–Trinajstić information content (AvgIpc) is 3.31. The van der Waals surface area contributed by atoms with E-state index in [2.05, 4.69) is 22.3 Å². The van der Waals surface area contributed by atoms with Crippen molar-refractivity contribution in [3.05, 3.63) is 24.3 Å². The third-order valence-electron chi connectivity index (χ3n) is 3.91. The van der Waals surface area contributed by atoms with Gasteiger partial charge in [0, 0.05) is 37.9 Å². The predicted octanol–water partition coefficient (Wildman–Crippen LogP) is 1.69. The molecule has 2 fully saturated rings. The van der Waals surface area contributed by atoms with E-state index in [0.717, 1.165) is 44.8 Å². The van der Waals surface area contributed by atoms with Crippen molar-refractivity contribution in [1.29, 1.82) is 0 Å². The van der Waals surface area contributed by atoms with Crippen LogP contribution >= 0.6 is 0 Å². The second-order valence-electron chi connectivity index (χ2n) is 5.40. The number of ether oxygens (including phenoxy) is 1. The standard InChI is InChI=1S/C15H21N3O2/c1-20-14-6-4-13(5-7-14)17-8-10-18(11-9-17)15(19)16-12-2-3-12/h4-7,12H,2-3,8-11H2,1H3,(H,16,19). The van der Waals surface area contributed by atoms with Crippen LogP contribution in [0.5, 0.6) is 5.75 Å². The van der Waals surface area contributed by atoms with Gasteiger partial charge in [-0.15, -0.1) is 0 Å². The number of piperazine rings is 1. The van der Waals surface area contributed by atoms with E-state index in [4.69, 9.17) is 4.74 Å². The molecule has 0 spiro atoms. The van der Waals surface area contributed by atoms with Gasteiger partial charge in [-0.25, -0.2) is 4.79 Å². The van der Waals surface area contributed by atoms with Gasteiger partial charge in [-0.05, 0) is 37.1 Å². The number of carbonyl (C=O) groups is 1. The molecule has 20 heavy (non-hydrogen) atoms. The summed E-state index contributed by atoms with van der Waals surface area (Å²) >= 11 is 0. The molecule has 0 atom stereocenters. The van der Waals surface area contributed by atoms with Gasteiger partial charge < -0.3 is 19.9 Å². The second-order valence-corrected chi connectivity index (χ2v) is 5.40. The first-order valence-electron chi connectivity index (χ1n) is 7.21. The molecule has 5 nitrogen and oxygen atoms in total. The zero-order chi connectivity index (χ0) is 13.9. The molecule has 0 unspecified atom stereocenters. The molecule has 2 amide bonds. The van der Waals surface area contributed by atoms with Crippen molar-refractivity contribution in [2.24, 2.45) is 0 Å². The minimum atomic E-state index is 0.0990. The molecule has 5 heteroatoms. The zero-order valence-electron chi connectivity index (χ0n) is 11.8. The van der Waals surface area contributed by atoms with Crippen LogP contribution in [0.25, 0.3) is 0 Å². The number of carbonyl (C=O) groups excluding carboxylic acids is 1. The lowest BCUT2D eigenvalue weighted by Gasteiger charge is -2.36. The second kappa shape index (κ2) is 5.61. The number of amides is 2. The van der Waals surface area contributed by atoms with Gasteiger partial charge in [-0.2, -0.15) is 0 Å². The number of urea groups is 1. The number of nitrogens with zero attached hydrogens (tertiary/aromatic N) is 2. The summed E-state index contributed by atoms with van der Waals surface area (Å²) in [7, 11) is 1.67. The van der Waals surface area contributed by atoms with Crippen molar-refractivity contribution in [3.8, 4) is 5.75 Å². The van der Waals surface area contributed by atoms with Crippen LogP contribution in [0.1, 0.15) is 12.8 Å². The molecule has 1 aliphatic carbocycles. The Morgan fingerprint density at radius 2 is 1.80 bits per heavy atom.